The Hall–Kier alpha value is -1.56. The van der Waals surface area contributed by atoms with Crippen molar-refractivity contribution >= 4 is 5.57 Å². The second kappa shape index (κ2) is 5.83. The van der Waals surface area contributed by atoms with Crippen LogP contribution >= 0.6 is 0 Å². The summed E-state index contributed by atoms with van der Waals surface area (Å²) in [5.41, 5.74) is 6.17. The first-order valence-electron chi connectivity index (χ1n) is 7.87. The number of hydrogen-bond acceptors (Lipinski definition) is 0. The minimum Gasteiger partial charge on any atom is -0.0883 e. The van der Waals surface area contributed by atoms with Gasteiger partial charge < -0.3 is 0 Å². The fourth-order valence-electron chi connectivity index (χ4n) is 3.24. The molecule has 0 fully saturated rings. The topological polar surface area (TPSA) is 0 Å². The van der Waals surface area contributed by atoms with Gasteiger partial charge in [0.15, 0.2) is 0 Å². The van der Waals surface area contributed by atoms with Crippen LogP contribution in [0.3, 0.4) is 0 Å². The van der Waals surface area contributed by atoms with E-state index >= 15 is 0 Å². The third-order valence-electron chi connectivity index (χ3n) is 4.36. The maximum absolute atomic E-state index is 2.42. The van der Waals surface area contributed by atoms with Crippen molar-refractivity contribution in [3.05, 3.63) is 65.3 Å². The standard InChI is InChI=1S/C20H24/c1-15(2)7-3-4-8-16-11-12-18-14-17-9-5-6-10-19(17)20(18)13-16/h3-6,9-12,15-16H,7-8,13-14H2,1-2H3/b4-3-. The zero-order chi connectivity index (χ0) is 13.9. The van der Waals surface area contributed by atoms with E-state index in [-0.39, 0.29) is 0 Å². The van der Waals surface area contributed by atoms with Crippen molar-refractivity contribution < 1.29 is 0 Å². The predicted octanol–water partition coefficient (Wildman–Crippen LogP) is 5.56. The second-order valence-electron chi connectivity index (χ2n) is 6.50. The molecule has 0 aliphatic heterocycles. The molecular formula is C20H24. The quantitative estimate of drug-likeness (QED) is 0.624. The average Bonchev–Trinajstić information content (AvgIpc) is 2.81. The molecule has 0 saturated heterocycles. The van der Waals surface area contributed by atoms with Gasteiger partial charge in [-0.1, -0.05) is 62.4 Å². The number of rotatable bonds is 4. The first-order valence-corrected chi connectivity index (χ1v) is 7.87. The summed E-state index contributed by atoms with van der Waals surface area (Å²) in [5, 5.41) is 0. The zero-order valence-corrected chi connectivity index (χ0v) is 12.6. The SMILES string of the molecule is CC(C)C/C=C\CC1C=CC2=C(C1)c1ccccc1C2. The molecule has 1 aromatic rings. The molecule has 0 amide bonds. The van der Waals surface area contributed by atoms with Crippen LogP contribution in [-0.4, -0.2) is 0 Å². The fourth-order valence-corrected chi connectivity index (χ4v) is 3.24. The molecule has 0 aromatic heterocycles. The molecule has 0 bridgehead atoms. The lowest BCUT2D eigenvalue weighted by molar-refractivity contribution is 0.649. The lowest BCUT2D eigenvalue weighted by atomic mass is 9.87. The summed E-state index contributed by atoms with van der Waals surface area (Å²) in [6.45, 7) is 4.55. The van der Waals surface area contributed by atoms with Gasteiger partial charge >= 0.3 is 0 Å². The number of allylic oxidation sites excluding steroid dienone is 6. The van der Waals surface area contributed by atoms with Gasteiger partial charge in [0.05, 0.1) is 0 Å². The first kappa shape index (κ1) is 13.4. The molecule has 0 heteroatoms. The second-order valence-corrected chi connectivity index (χ2v) is 6.50. The number of fused-ring (bicyclic) bond motifs is 2. The summed E-state index contributed by atoms with van der Waals surface area (Å²) in [5.74, 6) is 1.45. The van der Waals surface area contributed by atoms with Crippen LogP contribution in [0.4, 0.5) is 0 Å². The molecule has 0 saturated carbocycles. The summed E-state index contributed by atoms with van der Waals surface area (Å²) in [4.78, 5) is 0. The molecule has 0 spiro atoms. The molecule has 3 rings (SSSR count). The first-order chi connectivity index (χ1) is 9.74. The summed E-state index contributed by atoms with van der Waals surface area (Å²) < 4.78 is 0. The van der Waals surface area contributed by atoms with Crippen LogP contribution < -0.4 is 0 Å². The maximum atomic E-state index is 2.42. The minimum atomic E-state index is 0.684. The highest BCUT2D eigenvalue weighted by molar-refractivity contribution is 5.79. The van der Waals surface area contributed by atoms with E-state index in [0.29, 0.717) is 5.92 Å². The Morgan fingerprint density at radius 1 is 1.20 bits per heavy atom. The lowest BCUT2D eigenvalue weighted by Crippen LogP contribution is -2.02. The van der Waals surface area contributed by atoms with Gasteiger partial charge in [-0.15, -0.1) is 0 Å². The third kappa shape index (κ3) is 2.80. The normalized spacial score (nSPS) is 20.9. The van der Waals surface area contributed by atoms with Gasteiger partial charge in [0.2, 0.25) is 0 Å². The van der Waals surface area contributed by atoms with E-state index in [2.05, 4.69) is 62.4 Å². The van der Waals surface area contributed by atoms with E-state index in [1.807, 2.05) is 0 Å². The monoisotopic (exact) mass is 264 g/mol. The van der Waals surface area contributed by atoms with Gasteiger partial charge in [0, 0.05) is 0 Å². The molecule has 20 heavy (non-hydrogen) atoms. The molecule has 104 valence electrons. The highest BCUT2D eigenvalue weighted by atomic mass is 14.3. The Kier molecular flexibility index (Phi) is 3.91. The predicted molar refractivity (Wildman–Crippen MR) is 87.5 cm³/mol. The van der Waals surface area contributed by atoms with Crippen LogP contribution in [-0.2, 0) is 6.42 Å². The van der Waals surface area contributed by atoms with Crippen molar-refractivity contribution in [3.8, 4) is 0 Å². The molecule has 0 nitrogen and oxygen atoms in total. The Balaban J connectivity index is 1.65. The Morgan fingerprint density at radius 2 is 2.05 bits per heavy atom. The summed E-state index contributed by atoms with van der Waals surface area (Å²) >= 11 is 0. The van der Waals surface area contributed by atoms with Crippen molar-refractivity contribution in [2.24, 2.45) is 11.8 Å². The smallest absolute Gasteiger partial charge is 0.00169 e. The summed E-state index contributed by atoms with van der Waals surface area (Å²) in [6, 6.07) is 8.90. The van der Waals surface area contributed by atoms with Crippen molar-refractivity contribution in [3.63, 3.8) is 0 Å². The lowest BCUT2D eigenvalue weighted by Gasteiger charge is -2.18. The largest absolute Gasteiger partial charge is 0.0883 e. The fraction of sp³-hybridized carbons (Fsp3) is 0.400. The highest BCUT2D eigenvalue weighted by Gasteiger charge is 2.24. The molecule has 1 unspecified atom stereocenters. The molecule has 2 aliphatic rings. The summed E-state index contributed by atoms with van der Waals surface area (Å²) in [7, 11) is 0. The molecule has 0 N–H and O–H groups in total. The van der Waals surface area contributed by atoms with E-state index in [9.17, 15) is 0 Å². The Bertz CT molecular complexity index is 569. The Labute approximate surface area is 122 Å². The van der Waals surface area contributed by atoms with Crippen molar-refractivity contribution in [2.45, 2.75) is 39.5 Å². The van der Waals surface area contributed by atoms with Crippen LogP contribution in [0.15, 0.2) is 54.1 Å². The van der Waals surface area contributed by atoms with Gasteiger partial charge in [-0.3, -0.25) is 0 Å². The van der Waals surface area contributed by atoms with E-state index < -0.39 is 0 Å². The van der Waals surface area contributed by atoms with Gasteiger partial charge in [-0.2, -0.15) is 0 Å². The molecule has 0 radical (unpaired) electrons. The van der Waals surface area contributed by atoms with E-state index in [4.69, 9.17) is 0 Å². The maximum Gasteiger partial charge on any atom is -0.00169 e. The van der Waals surface area contributed by atoms with Gasteiger partial charge in [0.1, 0.15) is 0 Å². The van der Waals surface area contributed by atoms with Gasteiger partial charge in [-0.05, 0) is 59.8 Å². The van der Waals surface area contributed by atoms with Gasteiger partial charge in [-0.25, -0.2) is 0 Å². The van der Waals surface area contributed by atoms with E-state index in [1.165, 1.54) is 30.4 Å². The van der Waals surface area contributed by atoms with Crippen molar-refractivity contribution in [1.29, 1.82) is 0 Å². The molecule has 0 heterocycles. The van der Waals surface area contributed by atoms with Crippen molar-refractivity contribution in [1.82, 2.24) is 0 Å². The number of benzene rings is 1. The van der Waals surface area contributed by atoms with Gasteiger partial charge in [0.25, 0.3) is 0 Å². The van der Waals surface area contributed by atoms with Crippen LogP contribution in [0.1, 0.15) is 44.2 Å². The highest BCUT2D eigenvalue weighted by Crippen LogP contribution is 2.41. The van der Waals surface area contributed by atoms with Crippen LogP contribution in [0.25, 0.3) is 5.57 Å². The third-order valence-corrected chi connectivity index (χ3v) is 4.36. The van der Waals surface area contributed by atoms with Crippen LogP contribution in [0.5, 0.6) is 0 Å². The van der Waals surface area contributed by atoms with Crippen LogP contribution in [0, 0.1) is 11.8 Å². The van der Waals surface area contributed by atoms with E-state index in [0.717, 1.165) is 12.3 Å². The average molecular weight is 264 g/mol. The zero-order valence-electron chi connectivity index (χ0n) is 12.6. The molecule has 1 atom stereocenters. The molecule has 1 aromatic carbocycles. The van der Waals surface area contributed by atoms with E-state index in [1.54, 1.807) is 11.1 Å². The van der Waals surface area contributed by atoms with Crippen molar-refractivity contribution in [2.75, 3.05) is 0 Å². The molecule has 2 aliphatic carbocycles. The number of hydrogen-bond donors (Lipinski definition) is 0. The van der Waals surface area contributed by atoms with Crippen LogP contribution in [0.2, 0.25) is 0 Å². The summed E-state index contributed by atoms with van der Waals surface area (Å²) in [6.07, 6.45) is 14.3. The Morgan fingerprint density at radius 3 is 2.90 bits per heavy atom. The molecular weight excluding hydrogens is 240 g/mol. The minimum absolute atomic E-state index is 0.684.